The number of aryl methyl sites for hydroxylation is 2. The molecule has 3 aromatic heterocycles. The standard InChI is InChI=1S/C33H31F3N8O3.CH4O3S/c1-20(2)39-32(46)47-19-43-11-5-6-24(17-43)28-9-10-37-31(41-28)42-29-12-23(8-7-21(29)3)30(45)40-26-13-25(33(34,35)36)14-27(15-26)44-16-22(4)38-18-44;1-5(2,3)4/h5-18,20H,19H2,1-4H3,(H2-,37,39,40,41,42,45,46);1H3,(H,2,3,4)/p+1. The first-order valence-electron chi connectivity index (χ1n) is 15.4. The van der Waals surface area contributed by atoms with E-state index >= 15 is 0 Å². The number of alkyl carbamates (subject to hydrolysis) is 1. The van der Waals surface area contributed by atoms with Crippen molar-refractivity contribution in [2.24, 2.45) is 0 Å². The van der Waals surface area contributed by atoms with Crippen LogP contribution in [0.25, 0.3) is 16.9 Å². The van der Waals surface area contributed by atoms with Crippen LogP contribution in [-0.4, -0.2) is 56.8 Å². The van der Waals surface area contributed by atoms with Crippen LogP contribution in [0.4, 0.5) is 35.3 Å². The average Bonchev–Trinajstić information content (AvgIpc) is 3.49. The van der Waals surface area contributed by atoms with Crippen LogP contribution in [0, 0.1) is 13.8 Å². The molecule has 0 radical (unpaired) electrons. The number of nitrogens with one attached hydrogen (secondary N) is 3. The Labute approximate surface area is 297 Å². The Kier molecular flexibility index (Phi) is 12.3. The molecule has 274 valence electrons. The molecule has 2 aromatic carbocycles. The van der Waals surface area contributed by atoms with E-state index in [4.69, 9.17) is 9.29 Å². The zero-order chi connectivity index (χ0) is 38.2. The summed E-state index contributed by atoms with van der Waals surface area (Å²) in [5, 5.41) is 8.38. The van der Waals surface area contributed by atoms with Crippen molar-refractivity contribution in [3.8, 4) is 16.9 Å². The second kappa shape index (κ2) is 16.4. The highest BCUT2D eigenvalue weighted by molar-refractivity contribution is 7.85. The van der Waals surface area contributed by atoms with E-state index in [2.05, 4.69) is 30.9 Å². The van der Waals surface area contributed by atoms with Gasteiger partial charge in [-0.25, -0.2) is 19.7 Å². The minimum atomic E-state index is -4.63. The number of hydrogen-bond acceptors (Lipinski definition) is 9. The second-order valence-corrected chi connectivity index (χ2v) is 13.2. The van der Waals surface area contributed by atoms with E-state index in [1.54, 1.807) is 66.6 Å². The monoisotopic (exact) mass is 741 g/mol. The fourth-order valence-electron chi connectivity index (χ4n) is 4.52. The topological polar surface area (TPSA) is 181 Å². The van der Waals surface area contributed by atoms with Crippen LogP contribution in [0.5, 0.6) is 0 Å². The molecule has 0 saturated carbocycles. The summed E-state index contributed by atoms with van der Waals surface area (Å²) in [5.41, 5.74) is 2.74. The van der Waals surface area contributed by atoms with E-state index in [0.717, 1.165) is 23.3 Å². The summed E-state index contributed by atoms with van der Waals surface area (Å²) < 4.78 is 75.4. The predicted octanol–water partition coefficient (Wildman–Crippen LogP) is 5.84. The number of rotatable bonds is 9. The molecule has 0 spiro atoms. The lowest BCUT2D eigenvalue weighted by Gasteiger charge is -2.14. The highest BCUT2D eigenvalue weighted by atomic mass is 32.2. The largest absolute Gasteiger partial charge is 0.416 e. The summed E-state index contributed by atoms with van der Waals surface area (Å²) in [7, 11) is -3.67. The molecule has 4 N–H and O–H groups in total. The number of pyridine rings is 1. The van der Waals surface area contributed by atoms with Crippen molar-refractivity contribution in [2.75, 3.05) is 16.9 Å². The van der Waals surface area contributed by atoms with E-state index in [-0.39, 0.29) is 35.7 Å². The number of alkyl halides is 3. The third-order valence-corrected chi connectivity index (χ3v) is 6.82. The molecule has 14 nitrogen and oxygen atoms in total. The number of carbonyl (C=O) groups excluding carboxylic acids is 2. The van der Waals surface area contributed by atoms with Gasteiger partial charge in [0.1, 0.15) is 0 Å². The number of benzene rings is 2. The van der Waals surface area contributed by atoms with Crippen LogP contribution >= 0.6 is 0 Å². The maximum Gasteiger partial charge on any atom is 0.416 e. The van der Waals surface area contributed by atoms with Crippen molar-refractivity contribution >= 4 is 39.4 Å². The Hall–Kier alpha value is -5.88. The van der Waals surface area contributed by atoms with E-state index in [9.17, 15) is 31.2 Å². The smallest absolute Gasteiger partial charge is 0.388 e. The molecule has 0 aliphatic carbocycles. The molecular formula is C34H36F3N8O6S+. The number of aromatic nitrogens is 5. The summed E-state index contributed by atoms with van der Waals surface area (Å²) in [4.78, 5) is 38.1. The number of halogens is 3. The van der Waals surface area contributed by atoms with Gasteiger partial charge in [0.05, 0.1) is 35.1 Å². The molecule has 5 aromatic rings. The van der Waals surface area contributed by atoms with Gasteiger partial charge in [-0.2, -0.15) is 26.2 Å². The number of hydrogen-bond donors (Lipinski definition) is 4. The lowest BCUT2D eigenvalue weighted by atomic mass is 10.1. The molecule has 0 aliphatic heterocycles. The number of nitrogens with zero attached hydrogens (tertiary/aromatic N) is 5. The Morgan fingerprint density at radius 1 is 1.06 bits per heavy atom. The lowest BCUT2D eigenvalue weighted by Crippen LogP contribution is -2.39. The van der Waals surface area contributed by atoms with Gasteiger partial charge in [0.25, 0.3) is 22.8 Å². The summed E-state index contributed by atoms with van der Waals surface area (Å²) in [6.45, 7) is 7.23. The molecule has 5 rings (SSSR count). The molecule has 0 bridgehead atoms. The van der Waals surface area contributed by atoms with E-state index in [1.807, 2.05) is 26.8 Å². The third kappa shape index (κ3) is 11.9. The quantitative estimate of drug-likeness (QED) is 0.106. The second-order valence-electron chi connectivity index (χ2n) is 11.8. The van der Waals surface area contributed by atoms with Gasteiger partial charge in [-0.3, -0.25) is 9.35 Å². The number of amides is 2. The minimum absolute atomic E-state index is 0.00166. The number of ether oxygens (including phenoxy) is 1. The number of imidazole rings is 1. The van der Waals surface area contributed by atoms with Crippen LogP contribution in [0.2, 0.25) is 0 Å². The van der Waals surface area contributed by atoms with Gasteiger partial charge >= 0.3 is 12.3 Å². The Morgan fingerprint density at radius 2 is 1.79 bits per heavy atom. The molecule has 2 amide bonds. The van der Waals surface area contributed by atoms with Gasteiger partial charge in [0.2, 0.25) is 5.95 Å². The maximum absolute atomic E-state index is 13.7. The molecular weight excluding hydrogens is 705 g/mol. The van der Waals surface area contributed by atoms with Crippen LogP contribution in [0.3, 0.4) is 0 Å². The minimum Gasteiger partial charge on any atom is -0.388 e. The van der Waals surface area contributed by atoms with Crippen LogP contribution in [-0.2, 0) is 27.8 Å². The van der Waals surface area contributed by atoms with E-state index in [1.165, 1.54) is 17.0 Å². The first kappa shape index (κ1) is 38.9. The Morgan fingerprint density at radius 3 is 2.44 bits per heavy atom. The van der Waals surface area contributed by atoms with Crippen LogP contribution in [0.1, 0.15) is 41.0 Å². The fourth-order valence-corrected chi connectivity index (χ4v) is 4.52. The molecule has 52 heavy (non-hydrogen) atoms. The van der Waals surface area contributed by atoms with Crippen LogP contribution < -0.4 is 20.5 Å². The van der Waals surface area contributed by atoms with Gasteiger partial charge in [-0.1, -0.05) is 6.07 Å². The molecule has 0 atom stereocenters. The predicted molar refractivity (Wildman–Crippen MR) is 186 cm³/mol. The van der Waals surface area contributed by atoms with Gasteiger partial charge in [0.15, 0.2) is 12.4 Å². The summed E-state index contributed by atoms with van der Waals surface area (Å²) >= 11 is 0. The zero-order valence-corrected chi connectivity index (χ0v) is 29.5. The molecule has 0 fully saturated rings. The Bertz CT molecular complexity index is 2170. The van der Waals surface area contributed by atoms with Gasteiger partial charge in [-0.05, 0) is 75.7 Å². The number of carbonyl (C=O) groups is 2. The Balaban J connectivity index is 0.00000113. The molecule has 3 heterocycles. The lowest BCUT2D eigenvalue weighted by molar-refractivity contribution is -0.726. The SMILES string of the molecule is CS(=O)(=O)O.Cc1cn(-c2cc(NC(=O)c3ccc(C)c(Nc4nccc(-c5ccc[n+](COC(=O)NC(C)C)c5)n4)c3)cc(C(F)(F)F)c2)cn1. The molecule has 18 heteroatoms. The summed E-state index contributed by atoms with van der Waals surface area (Å²) in [5.74, 6) is -0.350. The van der Waals surface area contributed by atoms with Gasteiger partial charge in [-0.15, -0.1) is 0 Å². The normalized spacial score (nSPS) is 11.3. The van der Waals surface area contributed by atoms with E-state index < -0.39 is 33.9 Å². The van der Waals surface area contributed by atoms with Gasteiger partial charge in [0, 0.05) is 47.1 Å². The first-order valence-corrected chi connectivity index (χ1v) is 17.3. The van der Waals surface area contributed by atoms with Crippen molar-refractivity contribution in [2.45, 2.75) is 46.6 Å². The fraction of sp³-hybridized carbons (Fsp3) is 0.235. The van der Waals surface area contributed by atoms with E-state index in [0.29, 0.717) is 23.3 Å². The highest BCUT2D eigenvalue weighted by Crippen LogP contribution is 2.33. The number of anilines is 3. The van der Waals surface area contributed by atoms with Crippen LogP contribution in [0.15, 0.2) is 85.7 Å². The summed E-state index contributed by atoms with van der Waals surface area (Å²) in [6, 6.07) is 13.5. The highest BCUT2D eigenvalue weighted by Gasteiger charge is 2.31. The molecule has 0 saturated heterocycles. The zero-order valence-electron chi connectivity index (χ0n) is 28.6. The maximum atomic E-state index is 13.7. The third-order valence-electron chi connectivity index (χ3n) is 6.82. The summed E-state index contributed by atoms with van der Waals surface area (Å²) in [6.07, 6.45) is 3.67. The average molecular weight is 742 g/mol. The molecule has 0 unspecified atom stereocenters. The van der Waals surface area contributed by atoms with Crippen molar-refractivity contribution in [3.05, 3.63) is 108 Å². The van der Waals surface area contributed by atoms with Crippen molar-refractivity contribution < 1.29 is 45.0 Å². The van der Waals surface area contributed by atoms with Gasteiger partial charge < -0.3 is 25.3 Å². The first-order chi connectivity index (χ1) is 24.3. The molecule has 0 aliphatic rings. The van der Waals surface area contributed by atoms with Crippen molar-refractivity contribution in [1.82, 2.24) is 24.8 Å². The van der Waals surface area contributed by atoms with Crippen molar-refractivity contribution in [3.63, 3.8) is 0 Å². The van der Waals surface area contributed by atoms with Crippen molar-refractivity contribution in [1.29, 1.82) is 0 Å².